The molecule has 1 fully saturated rings. The Hall–Kier alpha value is -2.43. The number of rotatable bonds is 3. The van der Waals surface area contributed by atoms with Crippen LogP contribution in [-0.4, -0.2) is 32.7 Å². The molecule has 0 spiro atoms. The zero-order chi connectivity index (χ0) is 16.7. The largest absolute Gasteiger partial charge is 0.371 e. The van der Waals surface area contributed by atoms with Crippen LogP contribution in [0.2, 0.25) is 0 Å². The Morgan fingerprint density at radius 1 is 1.08 bits per heavy atom. The van der Waals surface area contributed by atoms with Crippen molar-refractivity contribution < 1.29 is 0 Å². The minimum Gasteiger partial charge on any atom is -0.371 e. The van der Waals surface area contributed by atoms with E-state index in [1.165, 1.54) is 23.4 Å². The van der Waals surface area contributed by atoms with E-state index >= 15 is 0 Å². The van der Waals surface area contributed by atoms with E-state index in [1.54, 1.807) is 0 Å². The third kappa shape index (κ3) is 2.64. The summed E-state index contributed by atoms with van der Waals surface area (Å²) in [5.74, 6) is 2.15. The molecule has 4 rings (SSSR count). The highest BCUT2D eigenvalue weighted by Gasteiger charge is 2.25. The van der Waals surface area contributed by atoms with E-state index in [4.69, 9.17) is 0 Å². The van der Waals surface area contributed by atoms with Gasteiger partial charge in [-0.2, -0.15) is 10.1 Å². The molecule has 0 bridgehead atoms. The Labute approximate surface area is 142 Å². The van der Waals surface area contributed by atoms with E-state index in [2.05, 4.69) is 64.1 Å². The van der Waals surface area contributed by atoms with E-state index in [0.717, 1.165) is 31.0 Å². The van der Waals surface area contributed by atoms with Gasteiger partial charge in [0.05, 0.1) is 0 Å². The second-order valence-corrected chi connectivity index (χ2v) is 6.77. The second-order valence-electron chi connectivity index (χ2n) is 6.77. The van der Waals surface area contributed by atoms with Crippen molar-refractivity contribution in [2.75, 3.05) is 18.0 Å². The molecule has 0 N–H and O–H groups in total. The molecule has 5 heteroatoms. The summed E-state index contributed by atoms with van der Waals surface area (Å²) in [5, 5.41) is 4.48. The van der Waals surface area contributed by atoms with Crippen molar-refractivity contribution in [1.82, 2.24) is 19.6 Å². The Morgan fingerprint density at radius 3 is 2.67 bits per heavy atom. The minimum absolute atomic E-state index is 0.659. The normalized spacial score (nSPS) is 17.8. The van der Waals surface area contributed by atoms with Crippen molar-refractivity contribution in [2.45, 2.75) is 33.6 Å². The first-order valence-electron chi connectivity index (χ1n) is 8.61. The van der Waals surface area contributed by atoms with E-state index in [0.29, 0.717) is 11.7 Å². The number of fused-ring (bicyclic) bond motifs is 1. The molecule has 0 aliphatic carbocycles. The molecular weight excluding hydrogens is 298 g/mol. The summed E-state index contributed by atoms with van der Waals surface area (Å²) < 4.78 is 1.89. The van der Waals surface area contributed by atoms with E-state index in [9.17, 15) is 0 Å². The monoisotopic (exact) mass is 321 g/mol. The molecule has 1 unspecified atom stereocenters. The van der Waals surface area contributed by atoms with Gasteiger partial charge in [0.2, 0.25) is 0 Å². The van der Waals surface area contributed by atoms with Gasteiger partial charge in [-0.25, -0.2) is 9.50 Å². The molecule has 1 aliphatic rings. The lowest BCUT2D eigenvalue weighted by molar-refractivity contribution is 0.577. The summed E-state index contributed by atoms with van der Waals surface area (Å²) >= 11 is 0. The Bertz CT molecular complexity index is 868. The summed E-state index contributed by atoms with van der Waals surface area (Å²) in [6.07, 6.45) is 2.28. The summed E-state index contributed by atoms with van der Waals surface area (Å²) in [6, 6.07) is 10.7. The number of para-hydroxylation sites is 1. The Morgan fingerprint density at radius 2 is 1.88 bits per heavy atom. The first kappa shape index (κ1) is 15.1. The van der Waals surface area contributed by atoms with Crippen LogP contribution >= 0.6 is 0 Å². The molecule has 0 saturated carbocycles. The number of aryl methyl sites for hydroxylation is 3. The molecule has 124 valence electrons. The predicted octanol–water partition coefficient (Wildman–Crippen LogP) is 3.12. The highest BCUT2D eigenvalue weighted by molar-refractivity contribution is 5.47. The van der Waals surface area contributed by atoms with Crippen molar-refractivity contribution in [1.29, 1.82) is 0 Å². The van der Waals surface area contributed by atoms with Crippen LogP contribution in [0.25, 0.3) is 5.78 Å². The van der Waals surface area contributed by atoms with Crippen LogP contribution in [0.1, 0.15) is 29.2 Å². The van der Waals surface area contributed by atoms with Gasteiger partial charge in [-0.15, -0.1) is 0 Å². The average Bonchev–Trinajstić information content (AvgIpc) is 3.19. The Kier molecular flexibility index (Phi) is 3.71. The fraction of sp³-hybridized carbons (Fsp3) is 0.421. The van der Waals surface area contributed by atoms with Crippen LogP contribution in [0, 0.1) is 26.7 Å². The SMILES string of the molecule is Cc1nc2nc(C)c(CC3CCN(c4ccccc4)C3)c(C)n2n1. The third-order valence-corrected chi connectivity index (χ3v) is 5.05. The highest BCUT2D eigenvalue weighted by Crippen LogP contribution is 2.27. The van der Waals surface area contributed by atoms with Crippen molar-refractivity contribution in [3.05, 3.63) is 53.1 Å². The lowest BCUT2D eigenvalue weighted by Crippen LogP contribution is -2.20. The van der Waals surface area contributed by atoms with Gasteiger partial charge in [-0.05, 0) is 57.2 Å². The number of aromatic nitrogens is 4. The Balaban J connectivity index is 1.57. The van der Waals surface area contributed by atoms with Gasteiger partial charge in [0, 0.05) is 30.2 Å². The van der Waals surface area contributed by atoms with Crippen molar-refractivity contribution in [3.8, 4) is 0 Å². The number of benzene rings is 1. The molecule has 0 amide bonds. The molecular formula is C19H23N5. The van der Waals surface area contributed by atoms with Gasteiger partial charge in [0.25, 0.3) is 5.78 Å². The summed E-state index contributed by atoms with van der Waals surface area (Å²) in [5.41, 5.74) is 4.92. The van der Waals surface area contributed by atoms with Crippen molar-refractivity contribution in [2.24, 2.45) is 5.92 Å². The quantitative estimate of drug-likeness (QED) is 0.743. The van der Waals surface area contributed by atoms with Crippen LogP contribution in [0.15, 0.2) is 30.3 Å². The number of hydrogen-bond acceptors (Lipinski definition) is 4. The molecule has 3 heterocycles. The lowest BCUT2D eigenvalue weighted by atomic mass is 9.96. The number of nitrogens with zero attached hydrogens (tertiary/aromatic N) is 5. The van der Waals surface area contributed by atoms with Gasteiger partial charge in [-0.3, -0.25) is 0 Å². The van der Waals surface area contributed by atoms with Gasteiger partial charge in [-0.1, -0.05) is 18.2 Å². The maximum absolute atomic E-state index is 4.65. The molecule has 1 aliphatic heterocycles. The van der Waals surface area contributed by atoms with Crippen molar-refractivity contribution in [3.63, 3.8) is 0 Å². The standard InChI is InChI=1S/C19H23N5/c1-13-18(14(2)24-19(20-13)21-15(3)22-24)11-16-9-10-23(12-16)17-7-5-4-6-8-17/h4-8,16H,9-12H2,1-3H3. The first-order chi connectivity index (χ1) is 11.6. The molecule has 24 heavy (non-hydrogen) atoms. The second kappa shape index (κ2) is 5.89. The zero-order valence-electron chi connectivity index (χ0n) is 14.5. The molecule has 1 saturated heterocycles. The van der Waals surface area contributed by atoms with Gasteiger partial charge in [0.1, 0.15) is 5.82 Å². The first-order valence-corrected chi connectivity index (χ1v) is 8.61. The fourth-order valence-corrected chi connectivity index (χ4v) is 3.77. The summed E-state index contributed by atoms with van der Waals surface area (Å²) in [7, 11) is 0. The summed E-state index contributed by atoms with van der Waals surface area (Å²) in [4.78, 5) is 11.5. The smallest absolute Gasteiger partial charge is 0.252 e. The average molecular weight is 321 g/mol. The van der Waals surface area contributed by atoms with Gasteiger partial charge < -0.3 is 4.90 Å². The highest BCUT2D eigenvalue weighted by atomic mass is 15.3. The fourth-order valence-electron chi connectivity index (χ4n) is 3.77. The van der Waals surface area contributed by atoms with E-state index < -0.39 is 0 Å². The van der Waals surface area contributed by atoms with Crippen molar-refractivity contribution >= 4 is 11.5 Å². The molecule has 1 aromatic carbocycles. The molecule has 3 aromatic rings. The van der Waals surface area contributed by atoms with Crippen LogP contribution in [0.5, 0.6) is 0 Å². The summed E-state index contributed by atoms with van der Waals surface area (Å²) in [6.45, 7) is 8.38. The molecule has 1 atom stereocenters. The number of anilines is 1. The van der Waals surface area contributed by atoms with Crippen LogP contribution in [-0.2, 0) is 6.42 Å². The van der Waals surface area contributed by atoms with Crippen LogP contribution < -0.4 is 4.90 Å². The maximum atomic E-state index is 4.65. The molecule has 5 nitrogen and oxygen atoms in total. The number of hydrogen-bond donors (Lipinski definition) is 0. The van der Waals surface area contributed by atoms with E-state index in [1.807, 2.05) is 11.4 Å². The maximum Gasteiger partial charge on any atom is 0.252 e. The topological polar surface area (TPSA) is 46.3 Å². The zero-order valence-corrected chi connectivity index (χ0v) is 14.5. The predicted molar refractivity (Wildman–Crippen MR) is 95.5 cm³/mol. The van der Waals surface area contributed by atoms with E-state index in [-0.39, 0.29) is 0 Å². The van der Waals surface area contributed by atoms with Gasteiger partial charge in [0.15, 0.2) is 0 Å². The van der Waals surface area contributed by atoms with Gasteiger partial charge >= 0.3 is 0 Å². The molecule has 2 aromatic heterocycles. The van der Waals surface area contributed by atoms with Crippen LogP contribution in [0.4, 0.5) is 5.69 Å². The lowest BCUT2D eigenvalue weighted by Gasteiger charge is -2.19. The third-order valence-electron chi connectivity index (χ3n) is 5.05. The molecule has 0 radical (unpaired) electrons. The van der Waals surface area contributed by atoms with Crippen LogP contribution in [0.3, 0.4) is 0 Å². The minimum atomic E-state index is 0.659.